The zero-order valence-electron chi connectivity index (χ0n) is 14.3. The van der Waals surface area contributed by atoms with Crippen molar-refractivity contribution in [1.82, 2.24) is 20.5 Å². The lowest BCUT2D eigenvalue weighted by molar-refractivity contribution is -0.174. The van der Waals surface area contributed by atoms with Crippen LogP contribution in [0.5, 0.6) is 0 Å². The summed E-state index contributed by atoms with van der Waals surface area (Å²) < 4.78 is 49.8. The van der Waals surface area contributed by atoms with E-state index in [-0.39, 0.29) is 18.5 Å². The Kier molecular flexibility index (Phi) is 6.50. The zero-order valence-corrected chi connectivity index (χ0v) is 14.3. The lowest BCUT2D eigenvalue weighted by Gasteiger charge is -2.25. The summed E-state index contributed by atoms with van der Waals surface area (Å²) in [6.07, 6.45) is -2.37. The molecule has 1 fully saturated rings. The van der Waals surface area contributed by atoms with Gasteiger partial charge in [0.1, 0.15) is 17.9 Å². The Morgan fingerprint density at radius 2 is 2.07 bits per heavy atom. The smallest absolute Gasteiger partial charge is 0.339 e. The highest BCUT2D eigenvalue weighted by Crippen LogP contribution is 2.20. The van der Waals surface area contributed by atoms with Crippen LogP contribution >= 0.6 is 0 Å². The number of carbonyl (C=O) groups excluding carboxylic acids is 3. The van der Waals surface area contributed by atoms with Gasteiger partial charge in [0.05, 0.1) is 18.8 Å². The summed E-state index contributed by atoms with van der Waals surface area (Å²) in [5.74, 6) is -4.55. The van der Waals surface area contributed by atoms with E-state index in [9.17, 15) is 37.2 Å². The second-order valence-corrected chi connectivity index (χ2v) is 5.93. The summed E-state index contributed by atoms with van der Waals surface area (Å²) in [5, 5.41) is 13.0. The number of rotatable bonds is 5. The molecule has 2 heterocycles. The molecular formula is C16H15F4N5O3. The summed E-state index contributed by atoms with van der Waals surface area (Å²) in [6, 6.07) is 0.551. The first-order valence-corrected chi connectivity index (χ1v) is 8.08. The number of nitriles is 1. The van der Waals surface area contributed by atoms with Gasteiger partial charge in [0.15, 0.2) is 0 Å². The van der Waals surface area contributed by atoms with Crippen LogP contribution in [0.3, 0.4) is 0 Å². The Morgan fingerprint density at radius 3 is 2.68 bits per heavy atom. The average molecular weight is 401 g/mol. The van der Waals surface area contributed by atoms with Crippen molar-refractivity contribution in [2.24, 2.45) is 0 Å². The first-order valence-electron chi connectivity index (χ1n) is 8.08. The molecule has 1 aromatic heterocycles. The number of nitrogens with zero attached hydrogens (tertiary/aromatic N) is 3. The maximum absolute atomic E-state index is 13.3. The number of carbonyl (C=O) groups is 3. The van der Waals surface area contributed by atoms with Crippen LogP contribution in [0, 0.1) is 17.1 Å². The van der Waals surface area contributed by atoms with E-state index in [0.29, 0.717) is 6.42 Å². The molecule has 2 N–H and O–H groups in total. The topological polar surface area (TPSA) is 115 Å². The van der Waals surface area contributed by atoms with E-state index in [0.717, 1.165) is 17.2 Å². The monoisotopic (exact) mass is 401 g/mol. The van der Waals surface area contributed by atoms with Crippen LogP contribution in [-0.4, -0.2) is 52.9 Å². The predicted octanol–water partition coefficient (Wildman–Crippen LogP) is 0.571. The Hall–Kier alpha value is -3.23. The number of amides is 3. The number of hydrogen-bond donors (Lipinski definition) is 2. The number of halogens is 4. The highest BCUT2D eigenvalue weighted by atomic mass is 19.4. The van der Waals surface area contributed by atoms with E-state index in [2.05, 4.69) is 10.3 Å². The van der Waals surface area contributed by atoms with E-state index in [4.69, 9.17) is 0 Å². The third kappa shape index (κ3) is 5.15. The number of hydrogen-bond acceptors (Lipinski definition) is 5. The van der Waals surface area contributed by atoms with Crippen LogP contribution < -0.4 is 10.6 Å². The summed E-state index contributed by atoms with van der Waals surface area (Å²) in [7, 11) is 0. The molecule has 150 valence electrons. The van der Waals surface area contributed by atoms with Crippen molar-refractivity contribution in [2.75, 3.05) is 13.1 Å². The standard InChI is InChI=1S/C16H15F4N5O3/c17-10-4-9(6-22-7-10)11(5-21)24-14(27)12-2-1-3-25(12)13(26)8-23-15(28)16(18,19)20/h4,6-7,11-12H,1-3,8H2,(H,23,28)(H,24,27). The summed E-state index contributed by atoms with van der Waals surface area (Å²) in [5.41, 5.74) is 0.101. The first-order chi connectivity index (χ1) is 13.1. The van der Waals surface area contributed by atoms with Crippen LogP contribution in [-0.2, 0) is 14.4 Å². The van der Waals surface area contributed by atoms with Gasteiger partial charge in [0.25, 0.3) is 0 Å². The van der Waals surface area contributed by atoms with Crippen LogP contribution in [0.1, 0.15) is 24.4 Å². The molecule has 3 amide bonds. The van der Waals surface area contributed by atoms with E-state index in [1.165, 1.54) is 11.5 Å². The highest BCUT2D eigenvalue weighted by Gasteiger charge is 2.40. The molecule has 12 heteroatoms. The van der Waals surface area contributed by atoms with Crippen molar-refractivity contribution in [3.8, 4) is 6.07 Å². The molecule has 1 saturated heterocycles. The molecule has 1 aromatic rings. The van der Waals surface area contributed by atoms with E-state index < -0.39 is 48.3 Å². The van der Waals surface area contributed by atoms with Crippen molar-refractivity contribution >= 4 is 17.7 Å². The molecule has 0 aliphatic carbocycles. The van der Waals surface area contributed by atoms with Gasteiger partial charge in [-0.3, -0.25) is 19.4 Å². The summed E-state index contributed by atoms with van der Waals surface area (Å²) >= 11 is 0. The third-order valence-electron chi connectivity index (χ3n) is 4.01. The minimum Gasteiger partial charge on any atom is -0.339 e. The molecule has 0 bridgehead atoms. The van der Waals surface area contributed by atoms with E-state index in [1.54, 1.807) is 6.07 Å². The van der Waals surface area contributed by atoms with Crippen molar-refractivity contribution in [1.29, 1.82) is 5.26 Å². The predicted molar refractivity (Wildman–Crippen MR) is 84.5 cm³/mol. The second kappa shape index (κ2) is 8.64. The first kappa shape index (κ1) is 21.1. The number of aromatic nitrogens is 1. The number of pyridine rings is 1. The van der Waals surface area contributed by atoms with Crippen LogP contribution in [0.15, 0.2) is 18.5 Å². The number of likely N-dealkylation sites (tertiary alicyclic amines) is 1. The van der Waals surface area contributed by atoms with Crippen molar-refractivity contribution in [3.05, 3.63) is 29.8 Å². The fourth-order valence-electron chi connectivity index (χ4n) is 2.71. The van der Waals surface area contributed by atoms with Crippen molar-refractivity contribution < 1.29 is 31.9 Å². The van der Waals surface area contributed by atoms with Crippen LogP contribution in [0.2, 0.25) is 0 Å². The molecule has 1 aliphatic rings. The van der Waals surface area contributed by atoms with Crippen LogP contribution in [0.25, 0.3) is 0 Å². The SMILES string of the molecule is N#CC(NC(=O)C1CCCN1C(=O)CNC(=O)C(F)(F)F)c1cncc(F)c1. The maximum atomic E-state index is 13.3. The minimum absolute atomic E-state index is 0.101. The van der Waals surface area contributed by atoms with Gasteiger partial charge in [0, 0.05) is 18.3 Å². The van der Waals surface area contributed by atoms with Gasteiger partial charge >= 0.3 is 12.1 Å². The van der Waals surface area contributed by atoms with Gasteiger partial charge in [-0.15, -0.1) is 0 Å². The van der Waals surface area contributed by atoms with Gasteiger partial charge in [0.2, 0.25) is 11.8 Å². The summed E-state index contributed by atoms with van der Waals surface area (Å²) in [4.78, 5) is 40.0. The Labute approximate surface area is 156 Å². The number of nitrogens with one attached hydrogen (secondary N) is 2. The molecule has 0 aromatic carbocycles. The molecule has 2 atom stereocenters. The second-order valence-electron chi connectivity index (χ2n) is 5.93. The van der Waals surface area contributed by atoms with E-state index >= 15 is 0 Å². The molecule has 0 spiro atoms. The molecule has 28 heavy (non-hydrogen) atoms. The highest BCUT2D eigenvalue weighted by molar-refractivity contribution is 5.91. The lowest BCUT2D eigenvalue weighted by Crippen LogP contribution is -2.50. The molecule has 2 rings (SSSR count). The van der Waals surface area contributed by atoms with Gasteiger partial charge in [-0.1, -0.05) is 0 Å². The van der Waals surface area contributed by atoms with Gasteiger partial charge in [-0.2, -0.15) is 18.4 Å². The van der Waals surface area contributed by atoms with Crippen LogP contribution in [0.4, 0.5) is 17.6 Å². The zero-order chi connectivity index (χ0) is 20.9. The fraction of sp³-hybridized carbons (Fsp3) is 0.438. The third-order valence-corrected chi connectivity index (χ3v) is 4.01. The Bertz CT molecular complexity index is 808. The van der Waals surface area contributed by atoms with Gasteiger partial charge in [-0.25, -0.2) is 4.39 Å². The Balaban J connectivity index is 2.01. The van der Waals surface area contributed by atoms with E-state index in [1.807, 2.05) is 0 Å². The minimum atomic E-state index is -5.12. The number of alkyl halides is 3. The molecule has 2 unspecified atom stereocenters. The Morgan fingerprint density at radius 1 is 1.36 bits per heavy atom. The average Bonchev–Trinajstić information content (AvgIpc) is 3.12. The van der Waals surface area contributed by atoms with Crippen molar-refractivity contribution in [2.45, 2.75) is 31.1 Å². The molecule has 0 saturated carbocycles. The van der Waals surface area contributed by atoms with Gasteiger partial charge < -0.3 is 15.5 Å². The van der Waals surface area contributed by atoms with Gasteiger partial charge in [-0.05, 0) is 18.9 Å². The molecule has 0 radical (unpaired) electrons. The summed E-state index contributed by atoms with van der Waals surface area (Å²) in [6.45, 7) is -0.810. The normalized spacial score (nSPS) is 17.5. The fourth-order valence-corrected chi connectivity index (χ4v) is 2.71. The molecule has 1 aliphatic heterocycles. The quantitative estimate of drug-likeness (QED) is 0.700. The maximum Gasteiger partial charge on any atom is 0.471 e. The molecule has 8 nitrogen and oxygen atoms in total. The lowest BCUT2D eigenvalue weighted by atomic mass is 10.1. The van der Waals surface area contributed by atoms with Crippen molar-refractivity contribution in [3.63, 3.8) is 0 Å². The molecular weight excluding hydrogens is 386 g/mol. The largest absolute Gasteiger partial charge is 0.471 e.